The molecule has 1 aliphatic carbocycles. The van der Waals surface area contributed by atoms with Crippen LogP contribution in [0, 0.1) is 17.3 Å². The molecule has 0 N–H and O–H groups in total. The van der Waals surface area contributed by atoms with Crippen molar-refractivity contribution in [1.82, 2.24) is 0 Å². The summed E-state index contributed by atoms with van der Waals surface area (Å²) in [5.74, 6) is -0.285. The maximum atomic E-state index is 12.6. The van der Waals surface area contributed by atoms with Crippen LogP contribution >= 0.6 is 0 Å². The summed E-state index contributed by atoms with van der Waals surface area (Å²) in [5, 5.41) is 0.208. The Morgan fingerprint density at radius 3 is 2.48 bits per heavy atom. The summed E-state index contributed by atoms with van der Waals surface area (Å²) in [6.45, 7) is 17.9. The van der Waals surface area contributed by atoms with Crippen LogP contribution in [-0.4, -0.2) is 33.8 Å². The third-order valence-electron chi connectivity index (χ3n) is 6.93. The van der Waals surface area contributed by atoms with E-state index in [1.165, 1.54) is 7.11 Å². The molecule has 3 atom stereocenters. The third kappa shape index (κ3) is 5.77. The van der Waals surface area contributed by atoms with Gasteiger partial charge in [0.25, 0.3) is 0 Å². The molecule has 0 bridgehead atoms. The van der Waals surface area contributed by atoms with Crippen molar-refractivity contribution >= 4 is 20.1 Å². The fraction of sp³-hybridized carbons (Fsp3) is 0.818. The van der Waals surface area contributed by atoms with Gasteiger partial charge in [-0.25, -0.2) is 0 Å². The van der Waals surface area contributed by atoms with Crippen molar-refractivity contribution in [2.45, 2.75) is 84.4 Å². The molecule has 0 aromatic heterocycles. The predicted octanol–water partition coefficient (Wildman–Crippen LogP) is 5.53. The number of Topliss-reactive ketones (excluding diaryl/α,β-unsaturated/α-hetero) is 1. The largest absolute Gasteiger partial charge is 0.469 e. The quantitative estimate of drug-likeness (QED) is 0.222. The van der Waals surface area contributed by atoms with Gasteiger partial charge in [0.05, 0.1) is 13.0 Å². The van der Waals surface area contributed by atoms with Crippen molar-refractivity contribution < 1.29 is 18.8 Å². The molecule has 0 spiro atoms. The lowest BCUT2D eigenvalue weighted by Gasteiger charge is -2.45. The highest BCUT2D eigenvalue weighted by molar-refractivity contribution is 6.74. The van der Waals surface area contributed by atoms with Gasteiger partial charge in [-0.15, -0.1) is 6.58 Å². The summed E-state index contributed by atoms with van der Waals surface area (Å²) in [6.07, 6.45) is 6.21. The van der Waals surface area contributed by atoms with Crippen molar-refractivity contribution in [1.29, 1.82) is 0 Å². The standard InChI is InChI=1S/C22H40O4Si/c1-9-12-17-19(23)14-13-18(20(24)25-6)22(17,5)15-10-11-16-26-27(7,8)21(2,3)4/h9,17-18H,1,10-16H2,2-8H3/t17-,18-,22+/m0/s1. The molecule has 0 unspecified atom stereocenters. The van der Waals surface area contributed by atoms with E-state index in [0.29, 0.717) is 19.3 Å². The van der Waals surface area contributed by atoms with Crippen LogP contribution in [0.15, 0.2) is 12.7 Å². The maximum Gasteiger partial charge on any atom is 0.309 e. The second-order valence-electron chi connectivity index (χ2n) is 9.73. The van der Waals surface area contributed by atoms with Gasteiger partial charge in [0, 0.05) is 18.9 Å². The van der Waals surface area contributed by atoms with Gasteiger partial charge in [-0.1, -0.05) is 40.2 Å². The second-order valence-corrected chi connectivity index (χ2v) is 14.5. The van der Waals surface area contributed by atoms with E-state index < -0.39 is 8.32 Å². The minimum Gasteiger partial charge on any atom is -0.469 e. The van der Waals surface area contributed by atoms with E-state index in [0.717, 1.165) is 25.9 Å². The number of ether oxygens (including phenoxy) is 1. The van der Waals surface area contributed by atoms with Crippen LogP contribution in [0.3, 0.4) is 0 Å². The van der Waals surface area contributed by atoms with Crippen molar-refractivity contribution in [3.63, 3.8) is 0 Å². The normalized spacial score (nSPS) is 26.7. The number of rotatable bonds is 9. The van der Waals surface area contributed by atoms with Crippen LogP contribution in [0.25, 0.3) is 0 Å². The van der Waals surface area contributed by atoms with Gasteiger partial charge in [-0.2, -0.15) is 0 Å². The van der Waals surface area contributed by atoms with Gasteiger partial charge in [-0.3, -0.25) is 9.59 Å². The van der Waals surface area contributed by atoms with Crippen molar-refractivity contribution in [2.75, 3.05) is 13.7 Å². The SMILES string of the molecule is C=CC[C@H]1C(=O)CC[C@@H](C(=O)OC)[C@]1(C)CCCCO[Si](C)(C)C(C)(C)C. The first-order chi connectivity index (χ1) is 12.4. The van der Waals surface area contributed by atoms with Crippen LogP contribution < -0.4 is 0 Å². The third-order valence-corrected chi connectivity index (χ3v) is 11.5. The van der Waals surface area contributed by atoms with Gasteiger partial charge in [0.1, 0.15) is 5.78 Å². The maximum absolute atomic E-state index is 12.6. The lowest BCUT2D eigenvalue weighted by Crippen LogP contribution is -2.47. The Hall–Kier alpha value is -0.943. The summed E-state index contributed by atoms with van der Waals surface area (Å²) in [4.78, 5) is 25.0. The molecule has 0 radical (unpaired) electrons. The molecule has 1 rings (SSSR count). The molecule has 1 fully saturated rings. The number of allylic oxidation sites excluding steroid dienone is 1. The molecular weight excluding hydrogens is 356 g/mol. The Morgan fingerprint density at radius 1 is 1.33 bits per heavy atom. The summed E-state index contributed by atoms with van der Waals surface area (Å²) in [7, 11) is -0.290. The molecule has 4 nitrogen and oxygen atoms in total. The molecule has 1 saturated carbocycles. The molecule has 1 aliphatic rings. The van der Waals surface area contributed by atoms with Crippen LogP contribution in [0.2, 0.25) is 18.1 Å². The zero-order valence-electron chi connectivity index (χ0n) is 18.5. The van der Waals surface area contributed by atoms with Gasteiger partial charge in [0.2, 0.25) is 0 Å². The highest BCUT2D eigenvalue weighted by Gasteiger charge is 2.50. The number of hydrogen-bond donors (Lipinski definition) is 0. The van der Waals surface area contributed by atoms with E-state index in [1.807, 2.05) is 0 Å². The number of unbranched alkanes of at least 4 members (excludes halogenated alkanes) is 1. The summed E-state index contributed by atoms with van der Waals surface area (Å²) >= 11 is 0. The second kappa shape index (κ2) is 9.51. The Balaban J connectivity index is 2.77. The van der Waals surface area contributed by atoms with E-state index >= 15 is 0 Å². The van der Waals surface area contributed by atoms with Crippen LogP contribution in [0.4, 0.5) is 0 Å². The van der Waals surface area contributed by atoms with Crippen LogP contribution in [-0.2, 0) is 18.8 Å². The summed E-state index contributed by atoms with van der Waals surface area (Å²) in [6, 6.07) is 0. The van der Waals surface area contributed by atoms with E-state index in [-0.39, 0.29) is 34.0 Å². The average Bonchev–Trinajstić information content (AvgIpc) is 2.56. The lowest BCUT2D eigenvalue weighted by atomic mass is 9.57. The molecule has 5 heteroatoms. The number of esters is 1. The molecule has 27 heavy (non-hydrogen) atoms. The van der Waals surface area contributed by atoms with Crippen molar-refractivity contribution in [3.8, 4) is 0 Å². The zero-order valence-corrected chi connectivity index (χ0v) is 19.5. The summed E-state index contributed by atoms with van der Waals surface area (Å²) < 4.78 is 11.3. The van der Waals surface area contributed by atoms with Gasteiger partial charge in [-0.05, 0) is 49.2 Å². The minimum absolute atomic E-state index is 0.144. The van der Waals surface area contributed by atoms with Gasteiger partial charge in [0.15, 0.2) is 8.32 Å². The van der Waals surface area contributed by atoms with E-state index in [9.17, 15) is 9.59 Å². The fourth-order valence-corrected chi connectivity index (χ4v) is 5.09. The highest BCUT2D eigenvalue weighted by Crippen LogP contribution is 2.49. The topological polar surface area (TPSA) is 52.6 Å². The monoisotopic (exact) mass is 396 g/mol. The number of carbonyl (C=O) groups excluding carboxylic acids is 2. The molecule has 0 amide bonds. The number of methoxy groups -OCH3 is 1. The van der Waals surface area contributed by atoms with E-state index in [2.05, 4.69) is 47.4 Å². The van der Waals surface area contributed by atoms with E-state index in [1.54, 1.807) is 6.08 Å². The first-order valence-corrected chi connectivity index (χ1v) is 13.2. The van der Waals surface area contributed by atoms with Crippen LogP contribution in [0.1, 0.15) is 66.2 Å². The summed E-state index contributed by atoms with van der Waals surface area (Å²) in [5.41, 5.74) is -0.367. The molecular formula is C22H40O4Si. The molecule has 0 aromatic carbocycles. The molecule has 0 aromatic rings. The number of ketones is 1. The Morgan fingerprint density at radius 2 is 1.96 bits per heavy atom. The van der Waals surface area contributed by atoms with Gasteiger partial charge >= 0.3 is 5.97 Å². The van der Waals surface area contributed by atoms with Crippen molar-refractivity contribution in [3.05, 3.63) is 12.7 Å². The van der Waals surface area contributed by atoms with E-state index in [4.69, 9.17) is 9.16 Å². The molecule has 156 valence electrons. The fourth-order valence-electron chi connectivity index (χ4n) is 4.00. The Labute approximate surface area is 167 Å². The van der Waals surface area contributed by atoms with Gasteiger partial charge < -0.3 is 9.16 Å². The molecule has 0 aliphatic heterocycles. The lowest BCUT2D eigenvalue weighted by molar-refractivity contribution is -0.157. The molecule has 0 heterocycles. The number of hydrogen-bond acceptors (Lipinski definition) is 4. The smallest absolute Gasteiger partial charge is 0.309 e. The molecule has 0 saturated heterocycles. The first kappa shape index (κ1) is 24.1. The highest BCUT2D eigenvalue weighted by atomic mass is 28.4. The average molecular weight is 397 g/mol. The first-order valence-electron chi connectivity index (χ1n) is 10.3. The Bertz CT molecular complexity index is 535. The number of carbonyl (C=O) groups is 2. The van der Waals surface area contributed by atoms with Crippen molar-refractivity contribution in [2.24, 2.45) is 17.3 Å². The zero-order chi connectivity index (χ0) is 20.9. The Kier molecular flexibility index (Phi) is 8.48. The minimum atomic E-state index is -1.73. The van der Waals surface area contributed by atoms with Crippen LogP contribution in [0.5, 0.6) is 0 Å². The predicted molar refractivity (Wildman–Crippen MR) is 113 cm³/mol.